The van der Waals surface area contributed by atoms with Gasteiger partial charge in [0.15, 0.2) is 0 Å². The van der Waals surface area contributed by atoms with Gasteiger partial charge in [0.1, 0.15) is 6.04 Å². The van der Waals surface area contributed by atoms with Crippen LogP contribution in [0.25, 0.3) is 0 Å². The highest BCUT2D eigenvalue weighted by Gasteiger charge is 2.26. The van der Waals surface area contributed by atoms with Gasteiger partial charge in [-0.3, -0.25) is 4.79 Å². The van der Waals surface area contributed by atoms with Crippen LogP contribution in [0.4, 0.5) is 0 Å². The normalized spacial score (nSPS) is 31.3. The van der Waals surface area contributed by atoms with Crippen LogP contribution >= 0.6 is 0 Å². The van der Waals surface area contributed by atoms with Gasteiger partial charge in [0.25, 0.3) is 0 Å². The monoisotopic (exact) mass is 158 g/mol. The molecule has 0 bridgehead atoms. The molecule has 0 aromatic rings. The highest BCUT2D eigenvalue weighted by atomic mass is 16.4. The van der Waals surface area contributed by atoms with Gasteiger partial charge in [-0.25, -0.2) is 0 Å². The molecule has 2 unspecified atom stereocenters. The van der Waals surface area contributed by atoms with E-state index in [0.717, 1.165) is 0 Å². The van der Waals surface area contributed by atoms with Gasteiger partial charge in [-0.05, 0) is 19.4 Å². The third kappa shape index (κ3) is 1.98. The molecule has 1 rings (SSSR count). The molecule has 1 fully saturated rings. The smallest absolute Gasteiger partial charge is 0.320 e. The highest BCUT2D eigenvalue weighted by molar-refractivity contribution is 5.73. The molecular formula is C6H10N2O3. The van der Waals surface area contributed by atoms with Crippen LogP contribution in [0, 0.1) is 4.91 Å². The minimum absolute atomic E-state index is 0.318. The van der Waals surface area contributed by atoms with E-state index < -0.39 is 12.0 Å². The SMILES string of the molecule is O=NC1CCNC(C(=O)O)C1. The number of carbonyl (C=O) groups is 1. The Labute approximate surface area is 63.8 Å². The Balaban J connectivity index is 2.45. The van der Waals surface area contributed by atoms with Gasteiger partial charge in [-0.15, -0.1) is 0 Å². The minimum Gasteiger partial charge on any atom is -0.480 e. The molecule has 0 saturated carbocycles. The average Bonchev–Trinajstić information content (AvgIpc) is 2.05. The summed E-state index contributed by atoms with van der Waals surface area (Å²) in [6.45, 7) is 0.563. The van der Waals surface area contributed by atoms with Gasteiger partial charge in [-0.2, -0.15) is 4.91 Å². The summed E-state index contributed by atoms with van der Waals surface area (Å²) in [6.07, 6.45) is 0.964. The number of nitrogens with one attached hydrogen (secondary N) is 1. The summed E-state index contributed by atoms with van der Waals surface area (Å²) in [7, 11) is 0. The van der Waals surface area contributed by atoms with Crippen molar-refractivity contribution in [3.05, 3.63) is 4.91 Å². The van der Waals surface area contributed by atoms with Crippen LogP contribution in [-0.4, -0.2) is 29.7 Å². The predicted molar refractivity (Wildman–Crippen MR) is 38.2 cm³/mol. The molecule has 62 valence electrons. The van der Waals surface area contributed by atoms with Crippen molar-refractivity contribution in [2.45, 2.75) is 24.9 Å². The Kier molecular flexibility index (Phi) is 2.53. The van der Waals surface area contributed by atoms with Crippen molar-refractivity contribution >= 4 is 5.97 Å². The topological polar surface area (TPSA) is 78.8 Å². The molecule has 0 radical (unpaired) electrons. The van der Waals surface area contributed by atoms with E-state index in [9.17, 15) is 9.70 Å². The highest BCUT2D eigenvalue weighted by Crippen LogP contribution is 2.11. The van der Waals surface area contributed by atoms with Crippen LogP contribution in [0.5, 0.6) is 0 Å². The van der Waals surface area contributed by atoms with Crippen LogP contribution in [-0.2, 0) is 4.79 Å². The zero-order chi connectivity index (χ0) is 8.27. The molecule has 1 heterocycles. The third-order valence-corrected chi connectivity index (χ3v) is 1.82. The van der Waals surface area contributed by atoms with Crippen molar-refractivity contribution in [3.8, 4) is 0 Å². The summed E-state index contributed by atoms with van der Waals surface area (Å²) in [5.74, 6) is -0.904. The molecule has 1 aliphatic rings. The molecule has 1 aliphatic heterocycles. The maximum atomic E-state index is 10.4. The quantitative estimate of drug-likeness (QED) is 0.552. The van der Waals surface area contributed by atoms with Crippen molar-refractivity contribution in [1.29, 1.82) is 0 Å². The van der Waals surface area contributed by atoms with Gasteiger partial charge in [0.05, 0.1) is 6.04 Å². The van der Waals surface area contributed by atoms with Crippen LogP contribution in [0.2, 0.25) is 0 Å². The Morgan fingerprint density at radius 2 is 2.36 bits per heavy atom. The van der Waals surface area contributed by atoms with E-state index in [0.29, 0.717) is 19.4 Å². The standard InChI is InChI=1S/C6H10N2O3/c9-6(10)5-3-4(8-11)1-2-7-5/h4-5,7H,1-3H2,(H,9,10). The molecule has 2 N–H and O–H groups in total. The maximum absolute atomic E-state index is 10.4. The lowest BCUT2D eigenvalue weighted by Gasteiger charge is -2.22. The van der Waals surface area contributed by atoms with Crippen molar-refractivity contribution < 1.29 is 9.90 Å². The molecule has 0 aliphatic carbocycles. The van der Waals surface area contributed by atoms with E-state index in [-0.39, 0.29) is 6.04 Å². The zero-order valence-corrected chi connectivity index (χ0v) is 5.99. The lowest BCUT2D eigenvalue weighted by atomic mass is 10.0. The summed E-state index contributed by atoms with van der Waals surface area (Å²) in [5, 5.41) is 14.2. The van der Waals surface area contributed by atoms with Gasteiger partial charge < -0.3 is 10.4 Å². The number of carboxylic acids is 1. The first kappa shape index (κ1) is 8.13. The Bertz CT molecular complexity index is 171. The first-order valence-corrected chi connectivity index (χ1v) is 3.52. The van der Waals surface area contributed by atoms with E-state index in [2.05, 4.69) is 10.5 Å². The number of nitrogens with zero attached hydrogens (tertiary/aromatic N) is 1. The van der Waals surface area contributed by atoms with Crippen LogP contribution in [0.3, 0.4) is 0 Å². The largest absolute Gasteiger partial charge is 0.480 e. The fourth-order valence-corrected chi connectivity index (χ4v) is 1.18. The average molecular weight is 158 g/mol. The van der Waals surface area contributed by atoms with E-state index >= 15 is 0 Å². The first-order chi connectivity index (χ1) is 5.24. The van der Waals surface area contributed by atoms with Gasteiger partial charge in [0.2, 0.25) is 0 Å². The number of nitroso groups, excluding NO2 is 1. The summed E-state index contributed by atoms with van der Waals surface area (Å²) in [4.78, 5) is 20.5. The second-order valence-corrected chi connectivity index (χ2v) is 2.63. The third-order valence-electron chi connectivity index (χ3n) is 1.82. The second-order valence-electron chi connectivity index (χ2n) is 2.63. The van der Waals surface area contributed by atoms with E-state index in [1.807, 2.05) is 0 Å². The second kappa shape index (κ2) is 3.43. The zero-order valence-electron chi connectivity index (χ0n) is 5.99. The summed E-state index contributed by atoms with van der Waals surface area (Å²) < 4.78 is 0. The van der Waals surface area contributed by atoms with E-state index in [4.69, 9.17) is 5.11 Å². The van der Waals surface area contributed by atoms with Crippen molar-refractivity contribution in [2.24, 2.45) is 5.18 Å². The van der Waals surface area contributed by atoms with Gasteiger partial charge in [0, 0.05) is 0 Å². The first-order valence-electron chi connectivity index (χ1n) is 3.52. The lowest BCUT2D eigenvalue weighted by Crippen LogP contribution is -2.44. The molecule has 11 heavy (non-hydrogen) atoms. The van der Waals surface area contributed by atoms with Gasteiger partial charge in [-0.1, -0.05) is 5.18 Å². The minimum atomic E-state index is -0.904. The van der Waals surface area contributed by atoms with Crippen molar-refractivity contribution in [2.75, 3.05) is 6.54 Å². The fourth-order valence-electron chi connectivity index (χ4n) is 1.18. The Morgan fingerprint density at radius 1 is 1.64 bits per heavy atom. The Hall–Kier alpha value is -0.970. The number of hydrogen-bond donors (Lipinski definition) is 2. The molecule has 0 spiro atoms. The van der Waals surface area contributed by atoms with Crippen LogP contribution < -0.4 is 5.32 Å². The van der Waals surface area contributed by atoms with Crippen molar-refractivity contribution in [3.63, 3.8) is 0 Å². The summed E-state index contributed by atoms with van der Waals surface area (Å²) in [5.41, 5.74) is 0. The molecule has 1 saturated heterocycles. The van der Waals surface area contributed by atoms with Crippen molar-refractivity contribution in [1.82, 2.24) is 5.32 Å². The number of hydrogen-bond acceptors (Lipinski definition) is 4. The predicted octanol–water partition coefficient (Wildman–Crippen LogP) is -0.0420. The van der Waals surface area contributed by atoms with Crippen LogP contribution in [0.1, 0.15) is 12.8 Å². The molecule has 0 aromatic carbocycles. The maximum Gasteiger partial charge on any atom is 0.320 e. The fraction of sp³-hybridized carbons (Fsp3) is 0.833. The molecule has 5 heteroatoms. The summed E-state index contributed by atoms with van der Waals surface area (Å²) in [6, 6.07) is -0.913. The Morgan fingerprint density at radius 3 is 2.91 bits per heavy atom. The van der Waals surface area contributed by atoms with Gasteiger partial charge >= 0.3 is 5.97 Å². The molecule has 0 aromatic heterocycles. The molecule has 2 atom stereocenters. The lowest BCUT2D eigenvalue weighted by molar-refractivity contribution is -0.140. The van der Waals surface area contributed by atoms with E-state index in [1.54, 1.807) is 0 Å². The van der Waals surface area contributed by atoms with E-state index in [1.165, 1.54) is 0 Å². The number of piperidine rings is 1. The number of aliphatic carboxylic acids is 1. The number of carboxylic acid groups (broad SMARTS) is 1. The number of rotatable bonds is 2. The van der Waals surface area contributed by atoms with Crippen LogP contribution in [0.15, 0.2) is 5.18 Å². The summed E-state index contributed by atoms with van der Waals surface area (Å²) >= 11 is 0. The molecular weight excluding hydrogens is 148 g/mol. The molecule has 0 amide bonds. The molecule has 5 nitrogen and oxygen atoms in total.